The van der Waals surface area contributed by atoms with Gasteiger partial charge in [0.05, 0.1) is 6.61 Å². The van der Waals surface area contributed by atoms with Crippen molar-refractivity contribution in [2.75, 3.05) is 13.2 Å². The van der Waals surface area contributed by atoms with Gasteiger partial charge >= 0.3 is 0 Å². The first-order valence-electron chi connectivity index (χ1n) is 5.12. The van der Waals surface area contributed by atoms with Crippen molar-refractivity contribution in [1.82, 2.24) is 5.32 Å². The molecule has 0 bridgehead atoms. The number of aryl methyl sites for hydroxylation is 1. The van der Waals surface area contributed by atoms with E-state index in [2.05, 4.69) is 11.4 Å². The van der Waals surface area contributed by atoms with Crippen LogP contribution in [-0.4, -0.2) is 19.1 Å². The zero-order valence-corrected chi connectivity index (χ0v) is 9.25. The predicted octanol–water partition coefficient (Wildman–Crippen LogP) is 1.65. The third-order valence-corrected chi connectivity index (χ3v) is 1.96. The van der Waals surface area contributed by atoms with Crippen molar-refractivity contribution in [3.05, 3.63) is 35.4 Å². The number of carbonyl (C=O) groups excluding carboxylic acids is 1. The maximum atomic E-state index is 11.1. The lowest BCUT2D eigenvalue weighted by molar-refractivity contribution is -0.125. The van der Waals surface area contributed by atoms with E-state index in [0.717, 1.165) is 5.56 Å². The van der Waals surface area contributed by atoms with Crippen LogP contribution in [0.1, 0.15) is 18.1 Å². The van der Waals surface area contributed by atoms with Crippen LogP contribution in [0.2, 0.25) is 0 Å². The van der Waals surface area contributed by atoms with Gasteiger partial charge in [0, 0.05) is 6.54 Å². The topological polar surface area (TPSA) is 38.3 Å². The number of amides is 1. The van der Waals surface area contributed by atoms with E-state index in [1.807, 2.05) is 32.0 Å². The number of hydrogen-bond acceptors (Lipinski definition) is 2. The molecule has 1 aromatic rings. The molecule has 0 atom stereocenters. The summed E-state index contributed by atoms with van der Waals surface area (Å²) in [7, 11) is 0. The molecule has 0 aliphatic carbocycles. The predicted molar refractivity (Wildman–Crippen MR) is 59.5 cm³/mol. The van der Waals surface area contributed by atoms with E-state index in [0.29, 0.717) is 13.2 Å². The minimum atomic E-state index is -0.0647. The SMILES string of the molecule is CCNC(=O)COCc1cccc(C)c1. The molecule has 0 unspecified atom stereocenters. The summed E-state index contributed by atoms with van der Waals surface area (Å²) in [6.45, 7) is 5.18. The van der Waals surface area contributed by atoms with Crippen molar-refractivity contribution in [1.29, 1.82) is 0 Å². The molecular weight excluding hydrogens is 190 g/mol. The number of rotatable bonds is 5. The van der Waals surface area contributed by atoms with Crippen LogP contribution in [0.4, 0.5) is 0 Å². The van der Waals surface area contributed by atoms with E-state index in [1.54, 1.807) is 0 Å². The van der Waals surface area contributed by atoms with Gasteiger partial charge in [0.25, 0.3) is 0 Å². The second-order valence-corrected chi connectivity index (χ2v) is 3.44. The summed E-state index contributed by atoms with van der Waals surface area (Å²) in [4.78, 5) is 11.1. The van der Waals surface area contributed by atoms with Gasteiger partial charge in [0.15, 0.2) is 0 Å². The molecule has 0 aromatic heterocycles. The summed E-state index contributed by atoms with van der Waals surface area (Å²) in [5.41, 5.74) is 2.30. The molecule has 0 aliphatic rings. The number of hydrogen-bond donors (Lipinski definition) is 1. The van der Waals surface area contributed by atoms with Crippen molar-refractivity contribution >= 4 is 5.91 Å². The Morgan fingerprint density at radius 2 is 2.27 bits per heavy atom. The molecule has 1 rings (SSSR count). The highest BCUT2D eigenvalue weighted by Gasteiger charge is 1.99. The lowest BCUT2D eigenvalue weighted by Gasteiger charge is -2.05. The van der Waals surface area contributed by atoms with E-state index in [9.17, 15) is 4.79 Å². The van der Waals surface area contributed by atoms with Crippen molar-refractivity contribution < 1.29 is 9.53 Å². The third kappa shape index (κ3) is 4.61. The second kappa shape index (κ2) is 6.19. The average molecular weight is 207 g/mol. The van der Waals surface area contributed by atoms with Gasteiger partial charge in [0.1, 0.15) is 6.61 Å². The smallest absolute Gasteiger partial charge is 0.246 e. The number of benzene rings is 1. The van der Waals surface area contributed by atoms with Gasteiger partial charge in [-0.25, -0.2) is 0 Å². The van der Waals surface area contributed by atoms with Gasteiger partial charge in [-0.2, -0.15) is 0 Å². The molecule has 0 radical (unpaired) electrons. The fourth-order valence-corrected chi connectivity index (χ4v) is 1.31. The Kier molecular flexibility index (Phi) is 4.84. The van der Waals surface area contributed by atoms with E-state index in [4.69, 9.17) is 4.74 Å². The Bertz CT molecular complexity index is 323. The Morgan fingerprint density at radius 1 is 1.47 bits per heavy atom. The monoisotopic (exact) mass is 207 g/mol. The van der Waals surface area contributed by atoms with Gasteiger partial charge < -0.3 is 10.1 Å². The third-order valence-electron chi connectivity index (χ3n) is 1.96. The molecule has 3 nitrogen and oxygen atoms in total. The highest BCUT2D eigenvalue weighted by Crippen LogP contribution is 2.04. The first-order valence-corrected chi connectivity index (χ1v) is 5.12. The highest BCUT2D eigenvalue weighted by molar-refractivity contribution is 5.77. The van der Waals surface area contributed by atoms with E-state index < -0.39 is 0 Å². The normalized spacial score (nSPS) is 10.0. The molecule has 1 N–H and O–H groups in total. The minimum absolute atomic E-state index is 0.0647. The maximum Gasteiger partial charge on any atom is 0.246 e. The van der Waals surface area contributed by atoms with Crippen LogP contribution in [0.25, 0.3) is 0 Å². The maximum absolute atomic E-state index is 11.1. The van der Waals surface area contributed by atoms with E-state index >= 15 is 0 Å². The summed E-state index contributed by atoms with van der Waals surface area (Å²) in [6, 6.07) is 8.07. The van der Waals surface area contributed by atoms with Gasteiger partial charge in [-0.1, -0.05) is 29.8 Å². The number of carbonyl (C=O) groups is 1. The average Bonchev–Trinajstić information content (AvgIpc) is 2.18. The summed E-state index contributed by atoms with van der Waals surface area (Å²) in [6.07, 6.45) is 0. The zero-order chi connectivity index (χ0) is 11.1. The lowest BCUT2D eigenvalue weighted by Crippen LogP contribution is -2.27. The Hall–Kier alpha value is -1.35. The summed E-state index contributed by atoms with van der Waals surface area (Å²) in [5, 5.41) is 2.68. The van der Waals surface area contributed by atoms with Crippen LogP contribution in [0.15, 0.2) is 24.3 Å². The van der Waals surface area contributed by atoms with Crippen molar-refractivity contribution in [2.24, 2.45) is 0 Å². The van der Waals surface area contributed by atoms with Gasteiger partial charge in [-0.3, -0.25) is 4.79 Å². The van der Waals surface area contributed by atoms with Crippen LogP contribution in [0.5, 0.6) is 0 Å². The van der Waals surface area contributed by atoms with Crippen molar-refractivity contribution in [3.63, 3.8) is 0 Å². The fourth-order valence-electron chi connectivity index (χ4n) is 1.31. The molecule has 1 aromatic carbocycles. The van der Waals surface area contributed by atoms with Crippen LogP contribution >= 0.6 is 0 Å². The molecule has 0 saturated carbocycles. The van der Waals surface area contributed by atoms with Crippen LogP contribution in [0, 0.1) is 6.92 Å². The van der Waals surface area contributed by atoms with Gasteiger partial charge in [-0.15, -0.1) is 0 Å². The van der Waals surface area contributed by atoms with Crippen LogP contribution < -0.4 is 5.32 Å². The zero-order valence-electron chi connectivity index (χ0n) is 9.25. The molecule has 1 amide bonds. The molecule has 0 aliphatic heterocycles. The first-order chi connectivity index (χ1) is 7.22. The number of ether oxygens (including phenoxy) is 1. The van der Waals surface area contributed by atoms with Gasteiger partial charge in [-0.05, 0) is 19.4 Å². The minimum Gasteiger partial charge on any atom is -0.367 e. The number of likely N-dealkylation sites (N-methyl/N-ethyl adjacent to an activating group) is 1. The summed E-state index contributed by atoms with van der Waals surface area (Å²) >= 11 is 0. The van der Waals surface area contributed by atoms with Crippen molar-refractivity contribution in [3.8, 4) is 0 Å². The molecule has 0 heterocycles. The molecule has 0 fully saturated rings. The molecule has 15 heavy (non-hydrogen) atoms. The van der Waals surface area contributed by atoms with E-state index in [-0.39, 0.29) is 12.5 Å². The Labute approximate surface area is 90.4 Å². The molecule has 3 heteroatoms. The number of nitrogens with one attached hydrogen (secondary N) is 1. The Morgan fingerprint density at radius 3 is 2.93 bits per heavy atom. The summed E-state index contributed by atoms with van der Waals surface area (Å²) < 4.78 is 5.28. The van der Waals surface area contributed by atoms with E-state index in [1.165, 1.54) is 5.56 Å². The standard InChI is InChI=1S/C12H17NO2/c1-3-13-12(14)9-15-8-11-6-4-5-10(2)7-11/h4-7H,3,8-9H2,1-2H3,(H,13,14). The molecule has 82 valence electrons. The summed E-state index contributed by atoms with van der Waals surface area (Å²) in [5.74, 6) is -0.0647. The largest absolute Gasteiger partial charge is 0.367 e. The molecular formula is C12H17NO2. The molecule has 0 spiro atoms. The van der Waals surface area contributed by atoms with Gasteiger partial charge in [0.2, 0.25) is 5.91 Å². The van der Waals surface area contributed by atoms with Crippen molar-refractivity contribution in [2.45, 2.75) is 20.5 Å². The first kappa shape index (κ1) is 11.7. The van der Waals surface area contributed by atoms with Crippen LogP contribution in [-0.2, 0) is 16.1 Å². The highest BCUT2D eigenvalue weighted by atomic mass is 16.5. The quantitative estimate of drug-likeness (QED) is 0.797. The Balaban J connectivity index is 2.28. The lowest BCUT2D eigenvalue weighted by atomic mass is 10.1. The molecule has 0 saturated heterocycles. The second-order valence-electron chi connectivity index (χ2n) is 3.44. The fraction of sp³-hybridized carbons (Fsp3) is 0.417. The van der Waals surface area contributed by atoms with Crippen LogP contribution in [0.3, 0.4) is 0 Å².